The Kier molecular flexibility index (Phi) is 2.55. The molecule has 0 unspecified atom stereocenters. The lowest BCUT2D eigenvalue weighted by molar-refractivity contribution is -0.114. The number of carbonyl (C=O) groups excluding carboxylic acids is 1. The summed E-state index contributed by atoms with van der Waals surface area (Å²) < 4.78 is 0.821. The minimum atomic E-state index is -0.118. The van der Waals surface area contributed by atoms with Gasteiger partial charge < -0.3 is 5.32 Å². The van der Waals surface area contributed by atoms with Gasteiger partial charge in [-0.3, -0.25) is 4.79 Å². The van der Waals surface area contributed by atoms with Gasteiger partial charge in [-0.05, 0) is 22.6 Å². The minimum Gasteiger partial charge on any atom is -0.301 e. The Morgan fingerprint density at radius 3 is 2.80 bits per heavy atom. The number of nitrogens with one attached hydrogen (secondary N) is 1. The van der Waals surface area contributed by atoms with Crippen LogP contribution in [0.2, 0.25) is 0 Å². The van der Waals surface area contributed by atoms with Crippen molar-refractivity contribution in [3.05, 3.63) is 3.01 Å². The molecule has 1 aromatic heterocycles. The van der Waals surface area contributed by atoms with E-state index in [1.54, 1.807) is 0 Å². The summed E-state index contributed by atoms with van der Waals surface area (Å²) in [5.74, 6) is -0.118. The highest BCUT2D eigenvalue weighted by molar-refractivity contribution is 14.1. The van der Waals surface area contributed by atoms with Crippen LogP contribution >= 0.6 is 33.9 Å². The first-order chi connectivity index (χ1) is 4.68. The number of anilines is 1. The highest BCUT2D eigenvalue weighted by Crippen LogP contribution is 2.15. The molecule has 0 atom stereocenters. The summed E-state index contributed by atoms with van der Waals surface area (Å²) in [5.41, 5.74) is 0. The summed E-state index contributed by atoms with van der Waals surface area (Å²) >= 11 is 3.39. The van der Waals surface area contributed by atoms with Gasteiger partial charge >= 0.3 is 0 Å². The van der Waals surface area contributed by atoms with Crippen LogP contribution in [0.3, 0.4) is 0 Å². The molecule has 6 heteroatoms. The second kappa shape index (κ2) is 3.24. The number of rotatable bonds is 1. The van der Waals surface area contributed by atoms with Gasteiger partial charge in [0.1, 0.15) is 0 Å². The average molecular weight is 269 g/mol. The quantitative estimate of drug-likeness (QED) is 0.777. The molecule has 0 fully saturated rings. The molecule has 1 N–H and O–H groups in total. The standard InChI is InChI=1S/C4H4IN3OS/c1-2(9)6-4-8-7-3(5)10-4/h1H3,(H,6,8,9). The summed E-state index contributed by atoms with van der Waals surface area (Å²) in [5, 5.41) is 10.5. The van der Waals surface area contributed by atoms with Crippen LogP contribution in [0.15, 0.2) is 0 Å². The molecule has 0 spiro atoms. The van der Waals surface area contributed by atoms with Crippen molar-refractivity contribution >= 4 is 45.0 Å². The van der Waals surface area contributed by atoms with Gasteiger partial charge in [0.15, 0.2) is 3.01 Å². The third-order valence-electron chi connectivity index (χ3n) is 0.683. The van der Waals surface area contributed by atoms with Gasteiger partial charge in [-0.1, -0.05) is 11.3 Å². The number of nitrogens with zero attached hydrogens (tertiary/aromatic N) is 2. The molecule has 0 aliphatic carbocycles. The summed E-state index contributed by atoms with van der Waals surface area (Å²) in [4.78, 5) is 10.4. The molecule has 0 aliphatic rings. The van der Waals surface area contributed by atoms with Crippen LogP contribution in [-0.4, -0.2) is 16.1 Å². The van der Waals surface area contributed by atoms with Crippen LogP contribution in [-0.2, 0) is 4.79 Å². The Labute approximate surface area is 75.2 Å². The molecule has 0 aliphatic heterocycles. The van der Waals surface area contributed by atoms with Crippen molar-refractivity contribution < 1.29 is 4.79 Å². The van der Waals surface area contributed by atoms with Crippen molar-refractivity contribution in [3.63, 3.8) is 0 Å². The molecule has 0 bridgehead atoms. The second-order valence-corrected chi connectivity index (χ2v) is 4.27. The van der Waals surface area contributed by atoms with Gasteiger partial charge in [-0.2, -0.15) is 0 Å². The maximum Gasteiger partial charge on any atom is 0.223 e. The minimum absolute atomic E-state index is 0.118. The zero-order chi connectivity index (χ0) is 7.56. The Balaban J connectivity index is 2.67. The smallest absolute Gasteiger partial charge is 0.223 e. The topological polar surface area (TPSA) is 54.9 Å². The van der Waals surface area contributed by atoms with Crippen LogP contribution in [0.25, 0.3) is 0 Å². The molecule has 1 rings (SSSR count). The number of aromatic nitrogens is 2. The van der Waals surface area contributed by atoms with Gasteiger partial charge in [0.2, 0.25) is 11.0 Å². The number of hydrogen-bond donors (Lipinski definition) is 1. The zero-order valence-electron chi connectivity index (χ0n) is 5.09. The monoisotopic (exact) mass is 269 g/mol. The van der Waals surface area contributed by atoms with E-state index in [-0.39, 0.29) is 5.91 Å². The normalized spacial score (nSPS) is 9.40. The van der Waals surface area contributed by atoms with Crippen molar-refractivity contribution in [2.24, 2.45) is 0 Å². The third kappa shape index (κ3) is 2.18. The Morgan fingerprint density at radius 2 is 2.40 bits per heavy atom. The summed E-state index contributed by atoms with van der Waals surface area (Å²) in [7, 11) is 0. The largest absolute Gasteiger partial charge is 0.301 e. The van der Waals surface area contributed by atoms with E-state index < -0.39 is 0 Å². The lowest BCUT2D eigenvalue weighted by atomic mass is 10.7. The molecule has 0 aromatic carbocycles. The predicted molar refractivity (Wildman–Crippen MR) is 46.9 cm³/mol. The number of carbonyl (C=O) groups is 1. The Bertz CT molecular complexity index is 248. The summed E-state index contributed by atoms with van der Waals surface area (Å²) in [6.07, 6.45) is 0. The first kappa shape index (κ1) is 7.86. The fourth-order valence-electron chi connectivity index (χ4n) is 0.406. The summed E-state index contributed by atoms with van der Waals surface area (Å²) in [6.45, 7) is 1.44. The second-order valence-electron chi connectivity index (χ2n) is 1.54. The fraction of sp³-hybridized carbons (Fsp3) is 0.250. The Hall–Kier alpha value is -0.240. The van der Waals surface area contributed by atoms with Crippen molar-refractivity contribution in [3.8, 4) is 0 Å². The van der Waals surface area contributed by atoms with E-state index in [1.807, 2.05) is 22.6 Å². The molecule has 4 nitrogen and oxygen atoms in total. The van der Waals surface area contributed by atoms with Gasteiger partial charge in [-0.25, -0.2) is 0 Å². The van der Waals surface area contributed by atoms with Crippen LogP contribution in [0.5, 0.6) is 0 Å². The van der Waals surface area contributed by atoms with Gasteiger partial charge in [0.25, 0.3) is 0 Å². The van der Waals surface area contributed by atoms with Crippen LogP contribution in [0.1, 0.15) is 6.92 Å². The van der Waals surface area contributed by atoms with E-state index in [9.17, 15) is 4.79 Å². The highest BCUT2D eigenvalue weighted by Gasteiger charge is 2.00. The van der Waals surface area contributed by atoms with Crippen LogP contribution in [0, 0.1) is 3.01 Å². The molecular weight excluding hydrogens is 265 g/mol. The molecule has 1 heterocycles. The van der Waals surface area contributed by atoms with E-state index in [2.05, 4.69) is 15.5 Å². The maximum absolute atomic E-state index is 10.4. The highest BCUT2D eigenvalue weighted by atomic mass is 127. The van der Waals surface area contributed by atoms with E-state index in [0.29, 0.717) is 5.13 Å². The molecule has 54 valence electrons. The van der Waals surface area contributed by atoms with E-state index in [4.69, 9.17) is 0 Å². The van der Waals surface area contributed by atoms with Crippen molar-refractivity contribution in [2.45, 2.75) is 6.92 Å². The number of halogens is 1. The fourth-order valence-corrected chi connectivity index (χ4v) is 1.66. The van der Waals surface area contributed by atoms with Crippen LogP contribution in [0.4, 0.5) is 5.13 Å². The van der Waals surface area contributed by atoms with E-state index in [1.165, 1.54) is 18.3 Å². The molecular formula is C4H4IN3OS. The Morgan fingerprint density at radius 1 is 1.70 bits per heavy atom. The SMILES string of the molecule is CC(=O)Nc1nnc(I)s1. The van der Waals surface area contributed by atoms with E-state index in [0.717, 1.165) is 3.01 Å². The predicted octanol–water partition coefficient (Wildman–Crippen LogP) is 1.10. The number of hydrogen-bond acceptors (Lipinski definition) is 4. The maximum atomic E-state index is 10.4. The molecule has 10 heavy (non-hydrogen) atoms. The van der Waals surface area contributed by atoms with Gasteiger partial charge in [-0.15, -0.1) is 10.2 Å². The van der Waals surface area contributed by atoms with Crippen LogP contribution < -0.4 is 5.32 Å². The lowest BCUT2D eigenvalue weighted by Crippen LogP contribution is -2.04. The number of amides is 1. The zero-order valence-corrected chi connectivity index (χ0v) is 8.06. The molecule has 0 saturated heterocycles. The summed E-state index contributed by atoms with van der Waals surface area (Å²) in [6, 6.07) is 0. The third-order valence-corrected chi connectivity index (χ3v) is 2.19. The van der Waals surface area contributed by atoms with E-state index >= 15 is 0 Å². The first-order valence-corrected chi connectivity index (χ1v) is 4.34. The lowest BCUT2D eigenvalue weighted by Gasteiger charge is -1.89. The van der Waals surface area contributed by atoms with Gasteiger partial charge in [0.05, 0.1) is 0 Å². The molecule has 1 aromatic rings. The average Bonchev–Trinajstić information content (AvgIpc) is 2.13. The van der Waals surface area contributed by atoms with Crippen molar-refractivity contribution in [1.82, 2.24) is 10.2 Å². The molecule has 0 radical (unpaired) electrons. The first-order valence-electron chi connectivity index (χ1n) is 2.45. The van der Waals surface area contributed by atoms with Crippen molar-refractivity contribution in [2.75, 3.05) is 5.32 Å². The molecule has 0 saturated carbocycles. The van der Waals surface area contributed by atoms with Crippen molar-refractivity contribution in [1.29, 1.82) is 0 Å². The molecule has 1 amide bonds. The van der Waals surface area contributed by atoms with Gasteiger partial charge in [0, 0.05) is 6.92 Å².